The maximum atomic E-state index is 12.0. The van der Waals surface area contributed by atoms with E-state index in [0.717, 1.165) is 17.9 Å². The molecule has 0 bridgehead atoms. The van der Waals surface area contributed by atoms with Crippen molar-refractivity contribution in [1.82, 2.24) is 10.6 Å². The zero-order valence-corrected chi connectivity index (χ0v) is 16.1. The molecule has 2 rings (SSSR count). The van der Waals surface area contributed by atoms with E-state index in [1.807, 2.05) is 39.0 Å². The third-order valence-electron chi connectivity index (χ3n) is 4.53. The number of nitrogens with one attached hydrogen (secondary N) is 2. The molecule has 2 N–H and O–H groups in total. The van der Waals surface area contributed by atoms with Crippen molar-refractivity contribution in [3.8, 4) is 5.75 Å². The van der Waals surface area contributed by atoms with Gasteiger partial charge in [0, 0.05) is 23.7 Å². The van der Waals surface area contributed by atoms with Crippen LogP contribution in [0.1, 0.15) is 71.3 Å². The van der Waals surface area contributed by atoms with Gasteiger partial charge >= 0.3 is 0 Å². The monoisotopic (exact) mass is 346 g/mol. The normalized spacial score (nSPS) is 16.8. The molecule has 1 amide bonds. The van der Waals surface area contributed by atoms with Gasteiger partial charge < -0.3 is 15.4 Å². The summed E-state index contributed by atoms with van der Waals surface area (Å²) in [6, 6.07) is 8.59. The smallest absolute Gasteiger partial charge is 0.258 e. The zero-order chi connectivity index (χ0) is 18.1. The quantitative estimate of drug-likeness (QED) is 0.812. The molecule has 4 nitrogen and oxygen atoms in total. The van der Waals surface area contributed by atoms with Crippen LogP contribution in [0.3, 0.4) is 0 Å². The Morgan fingerprint density at radius 3 is 2.40 bits per heavy atom. The lowest BCUT2D eigenvalue weighted by Gasteiger charge is -2.22. The lowest BCUT2D eigenvalue weighted by atomic mass is 9.96. The van der Waals surface area contributed by atoms with Crippen molar-refractivity contribution in [3.05, 3.63) is 29.8 Å². The van der Waals surface area contributed by atoms with E-state index in [9.17, 15) is 4.79 Å². The first kappa shape index (κ1) is 19.8. The number of hydrogen-bond acceptors (Lipinski definition) is 3. The molecule has 1 saturated carbocycles. The average Bonchev–Trinajstić information content (AvgIpc) is 2.51. The van der Waals surface area contributed by atoms with Gasteiger partial charge in [-0.1, -0.05) is 50.3 Å². The fourth-order valence-electron chi connectivity index (χ4n) is 3.30. The van der Waals surface area contributed by atoms with E-state index in [4.69, 9.17) is 4.74 Å². The number of rotatable bonds is 6. The summed E-state index contributed by atoms with van der Waals surface area (Å²) < 4.78 is 5.78. The van der Waals surface area contributed by atoms with Crippen molar-refractivity contribution in [2.24, 2.45) is 0 Å². The molecule has 1 aliphatic rings. The maximum absolute atomic E-state index is 12.0. The summed E-state index contributed by atoms with van der Waals surface area (Å²) in [6.45, 7) is 6.76. The largest absolute Gasteiger partial charge is 0.483 e. The fourth-order valence-corrected chi connectivity index (χ4v) is 3.30. The molecule has 0 aliphatic heterocycles. The SMILES string of the molecule is CC(C)(C)NC(=O)COc1ccccc1CNC1CCCCCCC1. The Hall–Kier alpha value is -1.55. The molecule has 0 saturated heterocycles. The Morgan fingerprint density at radius 2 is 1.72 bits per heavy atom. The minimum Gasteiger partial charge on any atom is -0.483 e. The minimum atomic E-state index is -0.236. The summed E-state index contributed by atoms with van der Waals surface area (Å²) in [7, 11) is 0. The highest BCUT2D eigenvalue weighted by atomic mass is 16.5. The minimum absolute atomic E-state index is 0.0533. The first-order chi connectivity index (χ1) is 11.9. The highest BCUT2D eigenvalue weighted by Crippen LogP contribution is 2.20. The van der Waals surface area contributed by atoms with Crippen LogP contribution in [0.5, 0.6) is 5.75 Å². The highest BCUT2D eigenvalue weighted by molar-refractivity contribution is 5.78. The molecule has 0 unspecified atom stereocenters. The third-order valence-corrected chi connectivity index (χ3v) is 4.53. The Morgan fingerprint density at radius 1 is 1.08 bits per heavy atom. The molecule has 0 radical (unpaired) electrons. The van der Waals surface area contributed by atoms with Crippen LogP contribution in [-0.4, -0.2) is 24.1 Å². The molecule has 4 heteroatoms. The number of carbonyl (C=O) groups excluding carboxylic acids is 1. The van der Waals surface area contributed by atoms with Crippen LogP contribution >= 0.6 is 0 Å². The third kappa shape index (κ3) is 7.91. The molecular weight excluding hydrogens is 312 g/mol. The first-order valence-corrected chi connectivity index (χ1v) is 9.69. The second kappa shape index (κ2) is 9.81. The van der Waals surface area contributed by atoms with Gasteiger partial charge in [-0.15, -0.1) is 0 Å². The van der Waals surface area contributed by atoms with Gasteiger partial charge in [0.1, 0.15) is 5.75 Å². The number of amides is 1. The average molecular weight is 347 g/mol. The van der Waals surface area contributed by atoms with E-state index < -0.39 is 0 Å². The second-order valence-electron chi connectivity index (χ2n) is 8.12. The van der Waals surface area contributed by atoms with E-state index in [2.05, 4.69) is 16.7 Å². The van der Waals surface area contributed by atoms with Crippen LogP contribution in [-0.2, 0) is 11.3 Å². The molecule has 25 heavy (non-hydrogen) atoms. The molecule has 0 heterocycles. The fraction of sp³-hybridized carbons (Fsp3) is 0.667. The van der Waals surface area contributed by atoms with Gasteiger partial charge in [-0.25, -0.2) is 0 Å². The number of carbonyl (C=O) groups is 1. The molecule has 1 aromatic carbocycles. The Kier molecular flexibility index (Phi) is 7.76. The van der Waals surface area contributed by atoms with Crippen molar-refractivity contribution < 1.29 is 9.53 Å². The summed E-state index contributed by atoms with van der Waals surface area (Å²) in [6.07, 6.45) is 9.28. The molecule has 1 aliphatic carbocycles. The van der Waals surface area contributed by atoms with E-state index in [1.165, 1.54) is 44.9 Å². The van der Waals surface area contributed by atoms with Gasteiger partial charge in [0.15, 0.2) is 6.61 Å². The predicted molar refractivity (Wildman–Crippen MR) is 103 cm³/mol. The van der Waals surface area contributed by atoms with Gasteiger partial charge in [-0.3, -0.25) is 4.79 Å². The highest BCUT2D eigenvalue weighted by Gasteiger charge is 2.15. The summed E-state index contributed by atoms with van der Waals surface area (Å²) in [5, 5.41) is 6.62. The van der Waals surface area contributed by atoms with Gasteiger partial charge in [-0.2, -0.15) is 0 Å². The molecule has 140 valence electrons. The van der Waals surface area contributed by atoms with Gasteiger partial charge in [0.2, 0.25) is 0 Å². The Bertz CT molecular complexity index is 529. The maximum Gasteiger partial charge on any atom is 0.258 e. The zero-order valence-electron chi connectivity index (χ0n) is 16.1. The Balaban J connectivity index is 1.85. The molecule has 1 fully saturated rings. The standard InChI is InChI=1S/C21H34N2O2/c1-21(2,3)23-20(24)16-25-19-14-10-9-11-17(19)15-22-18-12-7-5-4-6-8-13-18/h9-11,14,18,22H,4-8,12-13,15-16H2,1-3H3,(H,23,24). The molecule has 0 atom stereocenters. The van der Waals surface area contributed by atoms with Crippen LogP contribution in [0.25, 0.3) is 0 Å². The first-order valence-electron chi connectivity index (χ1n) is 9.69. The number of benzene rings is 1. The van der Waals surface area contributed by atoms with E-state index in [1.54, 1.807) is 0 Å². The van der Waals surface area contributed by atoms with Crippen LogP contribution < -0.4 is 15.4 Å². The van der Waals surface area contributed by atoms with Crippen molar-refractivity contribution in [2.45, 2.75) is 83.8 Å². The van der Waals surface area contributed by atoms with E-state index >= 15 is 0 Å². The summed E-state index contributed by atoms with van der Waals surface area (Å²) in [5.41, 5.74) is 0.882. The Labute approximate surface area is 152 Å². The van der Waals surface area contributed by atoms with E-state index in [-0.39, 0.29) is 18.1 Å². The summed E-state index contributed by atoms with van der Waals surface area (Å²) in [5.74, 6) is 0.709. The van der Waals surface area contributed by atoms with Crippen LogP contribution in [0, 0.1) is 0 Å². The van der Waals surface area contributed by atoms with Gasteiger partial charge in [0.05, 0.1) is 0 Å². The van der Waals surface area contributed by atoms with Crippen LogP contribution in [0.2, 0.25) is 0 Å². The van der Waals surface area contributed by atoms with Crippen molar-refractivity contribution >= 4 is 5.91 Å². The van der Waals surface area contributed by atoms with Crippen molar-refractivity contribution in [1.29, 1.82) is 0 Å². The topological polar surface area (TPSA) is 50.4 Å². The molecule has 0 spiro atoms. The van der Waals surface area contributed by atoms with Gasteiger partial charge in [-0.05, 0) is 39.7 Å². The number of ether oxygens (including phenoxy) is 1. The molecular formula is C21H34N2O2. The molecule has 0 aromatic heterocycles. The molecule has 1 aromatic rings. The van der Waals surface area contributed by atoms with Crippen molar-refractivity contribution in [2.75, 3.05) is 6.61 Å². The lowest BCUT2D eigenvalue weighted by Crippen LogP contribution is -2.43. The predicted octanol–water partition coefficient (Wildman–Crippen LogP) is 4.18. The lowest BCUT2D eigenvalue weighted by molar-refractivity contribution is -0.124. The summed E-state index contributed by atoms with van der Waals surface area (Å²) >= 11 is 0. The van der Waals surface area contributed by atoms with Crippen molar-refractivity contribution in [3.63, 3.8) is 0 Å². The van der Waals surface area contributed by atoms with Crippen LogP contribution in [0.15, 0.2) is 24.3 Å². The second-order valence-corrected chi connectivity index (χ2v) is 8.12. The van der Waals surface area contributed by atoms with Gasteiger partial charge in [0.25, 0.3) is 5.91 Å². The van der Waals surface area contributed by atoms with Crippen LogP contribution in [0.4, 0.5) is 0 Å². The number of hydrogen-bond donors (Lipinski definition) is 2. The van der Waals surface area contributed by atoms with E-state index in [0.29, 0.717) is 6.04 Å². The summed E-state index contributed by atoms with van der Waals surface area (Å²) in [4.78, 5) is 12.0. The number of para-hydroxylation sites is 1.